The summed E-state index contributed by atoms with van der Waals surface area (Å²) in [6.45, 7) is 2.08. The molecule has 2 rings (SSSR count). The molecule has 2 unspecified atom stereocenters. The summed E-state index contributed by atoms with van der Waals surface area (Å²) in [6, 6.07) is 0.590. The van der Waals surface area contributed by atoms with Gasteiger partial charge in [0.15, 0.2) is 0 Å². The minimum absolute atomic E-state index is 0.590. The highest BCUT2D eigenvalue weighted by molar-refractivity contribution is 8.00. The summed E-state index contributed by atoms with van der Waals surface area (Å²) < 4.78 is 0. The van der Waals surface area contributed by atoms with Crippen molar-refractivity contribution in [3.05, 3.63) is 16.1 Å². The molecule has 1 aromatic heterocycles. The Labute approximate surface area is 106 Å². The second-order valence-corrected chi connectivity index (χ2v) is 6.77. The summed E-state index contributed by atoms with van der Waals surface area (Å²) in [5.74, 6) is 1.33. The maximum absolute atomic E-state index is 4.56. The number of nitrogens with one attached hydrogen (secondary N) is 1. The molecule has 0 saturated carbocycles. The maximum atomic E-state index is 4.56. The van der Waals surface area contributed by atoms with Crippen LogP contribution in [-0.2, 0) is 6.42 Å². The highest BCUT2D eigenvalue weighted by atomic mass is 32.2. The number of nitrogens with zero attached hydrogens (tertiary/aromatic N) is 1. The van der Waals surface area contributed by atoms with Crippen molar-refractivity contribution in [2.75, 3.05) is 12.8 Å². The van der Waals surface area contributed by atoms with E-state index in [1.807, 2.05) is 0 Å². The average molecular weight is 256 g/mol. The van der Waals surface area contributed by atoms with Crippen molar-refractivity contribution in [3.63, 3.8) is 0 Å². The van der Waals surface area contributed by atoms with Gasteiger partial charge in [-0.05, 0) is 32.6 Å². The van der Waals surface area contributed by atoms with Crippen LogP contribution in [0.25, 0.3) is 0 Å². The molecular weight excluding hydrogens is 236 g/mol. The summed E-state index contributed by atoms with van der Waals surface area (Å²) in [5.41, 5.74) is 1.26. The Kier molecular flexibility index (Phi) is 4.67. The van der Waals surface area contributed by atoms with Crippen LogP contribution in [0.1, 0.15) is 30.0 Å². The van der Waals surface area contributed by atoms with E-state index < -0.39 is 0 Å². The molecule has 0 radical (unpaired) electrons. The molecule has 1 fully saturated rings. The quantitative estimate of drug-likeness (QED) is 0.896. The van der Waals surface area contributed by atoms with Crippen LogP contribution in [0, 0.1) is 6.92 Å². The lowest BCUT2D eigenvalue weighted by Gasteiger charge is -2.29. The zero-order valence-electron chi connectivity index (χ0n) is 10.0. The Morgan fingerprint density at radius 1 is 1.56 bits per heavy atom. The molecule has 0 aromatic carbocycles. The third kappa shape index (κ3) is 3.22. The topological polar surface area (TPSA) is 24.9 Å². The molecule has 1 saturated heterocycles. The van der Waals surface area contributed by atoms with Gasteiger partial charge in [0.1, 0.15) is 0 Å². The van der Waals surface area contributed by atoms with E-state index in [2.05, 4.69) is 41.4 Å². The first-order valence-electron chi connectivity index (χ1n) is 5.99. The Bertz CT molecular complexity index is 319. The number of likely N-dealkylation sites (N-methyl/N-ethyl adjacent to an activating group) is 1. The fourth-order valence-electron chi connectivity index (χ4n) is 2.23. The van der Waals surface area contributed by atoms with Gasteiger partial charge < -0.3 is 5.32 Å². The first kappa shape index (κ1) is 12.4. The first-order valence-corrected chi connectivity index (χ1v) is 7.92. The molecule has 16 heavy (non-hydrogen) atoms. The van der Waals surface area contributed by atoms with Gasteiger partial charge in [0.05, 0.1) is 10.7 Å². The van der Waals surface area contributed by atoms with Crippen LogP contribution in [0.4, 0.5) is 0 Å². The Morgan fingerprint density at radius 3 is 3.00 bits per heavy atom. The van der Waals surface area contributed by atoms with Crippen LogP contribution >= 0.6 is 23.1 Å². The molecular formula is C12H20N2S2. The van der Waals surface area contributed by atoms with Crippen molar-refractivity contribution in [3.8, 4) is 0 Å². The summed E-state index contributed by atoms with van der Waals surface area (Å²) in [4.78, 5) is 4.56. The van der Waals surface area contributed by atoms with Crippen LogP contribution in [0.15, 0.2) is 5.38 Å². The largest absolute Gasteiger partial charge is 0.316 e. The lowest BCUT2D eigenvalue weighted by atomic mass is 10.0. The molecule has 2 heterocycles. The van der Waals surface area contributed by atoms with Gasteiger partial charge >= 0.3 is 0 Å². The Balaban J connectivity index is 1.94. The van der Waals surface area contributed by atoms with Crippen molar-refractivity contribution in [2.24, 2.45) is 0 Å². The van der Waals surface area contributed by atoms with Gasteiger partial charge in [-0.25, -0.2) is 4.98 Å². The van der Waals surface area contributed by atoms with Gasteiger partial charge in [-0.15, -0.1) is 11.3 Å². The summed E-state index contributed by atoms with van der Waals surface area (Å²) in [6.07, 6.45) is 5.23. The van der Waals surface area contributed by atoms with Crippen LogP contribution in [0.5, 0.6) is 0 Å². The summed E-state index contributed by atoms with van der Waals surface area (Å²) >= 11 is 3.89. The number of thiazole rings is 1. The van der Waals surface area contributed by atoms with E-state index in [0.717, 1.165) is 11.7 Å². The van der Waals surface area contributed by atoms with E-state index in [9.17, 15) is 0 Å². The van der Waals surface area contributed by atoms with Gasteiger partial charge in [0, 0.05) is 23.1 Å². The summed E-state index contributed by atoms with van der Waals surface area (Å²) in [5, 5.41) is 7.63. The molecule has 1 aromatic rings. The first-order chi connectivity index (χ1) is 7.79. The minimum Gasteiger partial charge on any atom is -0.316 e. The lowest BCUT2D eigenvalue weighted by molar-refractivity contribution is 0.491. The van der Waals surface area contributed by atoms with Crippen molar-refractivity contribution in [1.82, 2.24) is 10.3 Å². The standard InChI is InChI=1S/C12H20N2S2/c1-9-14-10(8-16-9)7-11(13-2)12-5-3-4-6-15-12/h8,11-13H,3-7H2,1-2H3. The van der Waals surface area contributed by atoms with Crippen molar-refractivity contribution < 1.29 is 0 Å². The van der Waals surface area contributed by atoms with Crippen molar-refractivity contribution in [2.45, 2.75) is 43.9 Å². The highest BCUT2D eigenvalue weighted by Crippen LogP contribution is 2.28. The minimum atomic E-state index is 0.590. The summed E-state index contributed by atoms with van der Waals surface area (Å²) in [7, 11) is 2.08. The van der Waals surface area contributed by atoms with Crippen LogP contribution in [-0.4, -0.2) is 29.1 Å². The molecule has 0 spiro atoms. The number of hydrogen-bond donors (Lipinski definition) is 1. The number of rotatable bonds is 4. The molecule has 4 heteroatoms. The zero-order valence-corrected chi connectivity index (χ0v) is 11.7. The average Bonchev–Trinajstić information content (AvgIpc) is 2.73. The van der Waals surface area contributed by atoms with Crippen molar-refractivity contribution in [1.29, 1.82) is 0 Å². The molecule has 1 aliphatic heterocycles. The van der Waals surface area contributed by atoms with Gasteiger partial charge in [-0.1, -0.05) is 6.42 Å². The third-order valence-electron chi connectivity index (χ3n) is 3.13. The number of thioether (sulfide) groups is 1. The molecule has 1 aliphatic rings. The molecule has 0 aliphatic carbocycles. The zero-order chi connectivity index (χ0) is 11.4. The van der Waals surface area contributed by atoms with Crippen LogP contribution < -0.4 is 5.32 Å². The van der Waals surface area contributed by atoms with E-state index in [-0.39, 0.29) is 0 Å². The molecule has 1 N–H and O–H groups in total. The van der Waals surface area contributed by atoms with Gasteiger partial charge in [0.2, 0.25) is 0 Å². The maximum Gasteiger partial charge on any atom is 0.0897 e. The van der Waals surface area contributed by atoms with Gasteiger partial charge in [0.25, 0.3) is 0 Å². The van der Waals surface area contributed by atoms with Crippen LogP contribution in [0.2, 0.25) is 0 Å². The van der Waals surface area contributed by atoms with Gasteiger partial charge in [-0.3, -0.25) is 0 Å². The number of aryl methyl sites for hydroxylation is 1. The smallest absolute Gasteiger partial charge is 0.0897 e. The fourth-order valence-corrected chi connectivity index (χ4v) is 4.33. The predicted molar refractivity (Wildman–Crippen MR) is 73.5 cm³/mol. The Morgan fingerprint density at radius 2 is 2.44 bits per heavy atom. The number of hydrogen-bond acceptors (Lipinski definition) is 4. The van der Waals surface area contributed by atoms with E-state index in [1.54, 1.807) is 11.3 Å². The molecule has 0 amide bonds. The van der Waals surface area contributed by atoms with Crippen molar-refractivity contribution >= 4 is 23.1 Å². The molecule has 90 valence electrons. The SMILES string of the molecule is CNC(Cc1csc(C)n1)C1CCCCS1. The normalized spacial score (nSPS) is 23.2. The Hall–Kier alpha value is -0.0600. The molecule has 0 bridgehead atoms. The third-order valence-corrected chi connectivity index (χ3v) is 5.47. The second kappa shape index (κ2) is 6.03. The number of aromatic nitrogens is 1. The molecule has 2 atom stereocenters. The van der Waals surface area contributed by atoms with E-state index in [1.165, 1.54) is 35.7 Å². The predicted octanol–water partition coefficient (Wildman–Crippen LogP) is 2.87. The van der Waals surface area contributed by atoms with Crippen LogP contribution in [0.3, 0.4) is 0 Å². The highest BCUT2D eigenvalue weighted by Gasteiger charge is 2.23. The second-order valence-electron chi connectivity index (χ2n) is 4.36. The fraction of sp³-hybridized carbons (Fsp3) is 0.750. The van der Waals surface area contributed by atoms with Gasteiger partial charge in [-0.2, -0.15) is 11.8 Å². The van der Waals surface area contributed by atoms with E-state index in [0.29, 0.717) is 6.04 Å². The van der Waals surface area contributed by atoms with E-state index >= 15 is 0 Å². The van der Waals surface area contributed by atoms with E-state index in [4.69, 9.17) is 0 Å². The molecule has 2 nitrogen and oxygen atoms in total. The lowest BCUT2D eigenvalue weighted by Crippen LogP contribution is -2.39. The monoisotopic (exact) mass is 256 g/mol.